The van der Waals surface area contributed by atoms with Gasteiger partial charge in [0.15, 0.2) is 0 Å². The van der Waals surface area contributed by atoms with Gasteiger partial charge in [0, 0.05) is 16.8 Å². The minimum Gasteiger partial charge on any atom is -0.342 e. The molecule has 0 N–H and O–H groups in total. The molecule has 2 aromatic rings. The number of benzene rings is 1. The van der Waals surface area contributed by atoms with Crippen LogP contribution in [-0.2, 0) is 36.1 Å². The lowest BCUT2D eigenvalue weighted by Gasteiger charge is -2.29. The summed E-state index contributed by atoms with van der Waals surface area (Å²) in [7, 11) is -3.58. The number of ether oxygens (including phenoxy) is 2. The number of halogens is 2. The summed E-state index contributed by atoms with van der Waals surface area (Å²) in [6.45, 7) is 0.135. The molecule has 0 radical (unpaired) electrons. The van der Waals surface area contributed by atoms with Gasteiger partial charge in [0.2, 0.25) is 5.79 Å². The molecule has 8 nitrogen and oxygen atoms in total. The van der Waals surface area contributed by atoms with Crippen molar-refractivity contribution in [1.82, 2.24) is 15.0 Å². The maximum atomic E-state index is 11.2. The second-order valence-corrected chi connectivity index (χ2v) is 8.00. The molecule has 0 bridgehead atoms. The molecular formula is C14H15Cl2N3O5S. The van der Waals surface area contributed by atoms with E-state index in [1.54, 1.807) is 24.4 Å². The van der Waals surface area contributed by atoms with E-state index in [1.807, 2.05) is 0 Å². The largest absolute Gasteiger partial charge is 0.342 e. The molecule has 1 aliphatic rings. The van der Waals surface area contributed by atoms with Gasteiger partial charge in [0.1, 0.15) is 12.6 Å². The molecule has 1 aromatic heterocycles. The number of hydrogen-bond acceptors (Lipinski definition) is 7. The molecule has 0 unspecified atom stereocenters. The molecule has 1 aliphatic heterocycles. The van der Waals surface area contributed by atoms with E-state index >= 15 is 0 Å². The van der Waals surface area contributed by atoms with Crippen molar-refractivity contribution in [3.63, 3.8) is 0 Å². The minimum absolute atomic E-state index is 0.128. The Kier molecular flexibility index (Phi) is 5.33. The van der Waals surface area contributed by atoms with Crippen LogP contribution in [0.2, 0.25) is 10.0 Å². The van der Waals surface area contributed by atoms with E-state index in [2.05, 4.69) is 10.3 Å². The third kappa shape index (κ3) is 4.49. The Morgan fingerprint density at radius 3 is 2.88 bits per heavy atom. The van der Waals surface area contributed by atoms with Gasteiger partial charge in [-0.1, -0.05) is 34.5 Å². The predicted octanol–water partition coefficient (Wildman–Crippen LogP) is 1.83. The van der Waals surface area contributed by atoms with Gasteiger partial charge in [-0.15, -0.1) is 5.10 Å². The van der Waals surface area contributed by atoms with Crippen LogP contribution in [0.1, 0.15) is 5.56 Å². The normalized spacial score (nSPS) is 23.9. The molecule has 0 saturated carbocycles. The monoisotopic (exact) mass is 407 g/mol. The van der Waals surface area contributed by atoms with Crippen molar-refractivity contribution in [1.29, 1.82) is 0 Å². The highest BCUT2D eigenvalue weighted by molar-refractivity contribution is 7.85. The lowest BCUT2D eigenvalue weighted by molar-refractivity contribution is -0.190. The van der Waals surface area contributed by atoms with Crippen LogP contribution in [0.15, 0.2) is 30.6 Å². The van der Waals surface area contributed by atoms with Gasteiger partial charge >= 0.3 is 0 Å². The molecule has 0 spiro atoms. The predicted molar refractivity (Wildman–Crippen MR) is 89.8 cm³/mol. The van der Waals surface area contributed by atoms with Crippen molar-refractivity contribution >= 4 is 33.3 Å². The SMILES string of the molecule is CS(=O)(=O)OC[C@@H]1CO[C@@](Cn2ccnn2)(c2ccc(Cl)cc2Cl)O1. The minimum atomic E-state index is -3.58. The van der Waals surface area contributed by atoms with Crippen molar-refractivity contribution in [2.75, 3.05) is 19.5 Å². The Bertz CT molecular complexity index is 846. The Morgan fingerprint density at radius 1 is 1.44 bits per heavy atom. The fourth-order valence-electron chi connectivity index (χ4n) is 2.48. The van der Waals surface area contributed by atoms with Gasteiger partial charge in [-0.05, 0) is 12.1 Å². The van der Waals surface area contributed by atoms with Crippen LogP contribution in [0.4, 0.5) is 0 Å². The molecule has 0 aliphatic carbocycles. The van der Waals surface area contributed by atoms with Gasteiger partial charge in [0.05, 0.1) is 30.7 Å². The number of rotatable bonds is 6. The number of nitrogens with zero attached hydrogens (tertiary/aromatic N) is 3. The zero-order chi connectivity index (χ0) is 18.1. The van der Waals surface area contributed by atoms with Crippen LogP contribution >= 0.6 is 23.2 Å². The van der Waals surface area contributed by atoms with E-state index in [0.717, 1.165) is 6.26 Å². The van der Waals surface area contributed by atoms with Gasteiger partial charge in [-0.25, -0.2) is 4.68 Å². The van der Waals surface area contributed by atoms with E-state index in [4.69, 9.17) is 36.9 Å². The van der Waals surface area contributed by atoms with Crippen molar-refractivity contribution in [2.24, 2.45) is 0 Å². The van der Waals surface area contributed by atoms with Crippen LogP contribution in [0.5, 0.6) is 0 Å². The smallest absolute Gasteiger partial charge is 0.264 e. The van der Waals surface area contributed by atoms with Crippen LogP contribution in [0.25, 0.3) is 0 Å². The molecule has 136 valence electrons. The summed E-state index contributed by atoms with van der Waals surface area (Å²) in [6.07, 6.45) is 3.56. The van der Waals surface area contributed by atoms with Crippen molar-refractivity contribution in [3.05, 3.63) is 46.2 Å². The van der Waals surface area contributed by atoms with Gasteiger partial charge in [-0.3, -0.25) is 4.18 Å². The fraction of sp³-hybridized carbons (Fsp3) is 0.429. The quantitative estimate of drug-likeness (QED) is 0.674. The highest BCUT2D eigenvalue weighted by Crippen LogP contribution is 2.40. The molecule has 1 fully saturated rings. The zero-order valence-electron chi connectivity index (χ0n) is 13.1. The second kappa shape index (κ2) is 7.18. The Labute approximate surface area is 154 Å². The topological polar surface area (TPSA) is 92.5 Å². The summed E-state index contributed by atoms with van der Waals surface area (Å²) in [5.74, 6) is -1.26. The summed E-state index contributed by atoms with van der Waals surface area (Å²) >= 11 is 12.3. The standard InChI is InChI=1S/C14H15Cl2N3O5S/c1-25(20,21)23-8-11-7-22-14(24-11,9-19-5-4-17-18-19)12-3-2-10(15)6-13(12)16/h2-6,11H,7-9H2,1H3/t11-,14+/m0/s1. The van der Waals surface area contributed by atoms with E-state index in [9.17, 15) is 8.42 Å². The van der Waals surface area contributed by atoms with Crippen molar-refractivity contribution < 1.29 is 22.1 Å². The first-order valence-corrected chi connectivity index (χ1v) is 9.80. The highest BCUT2D eigenvalue weighted by Gasteiger charge is 2.45. The first-order chi connectivity index (χ1) is 11.8. The Balaban J connectivity index is 1.88. The second-order valence-electron chi connectivity index (χ2n) is 5.52. The Morgan fingerprint density at radius 2 is 2.24 bits per heavy atom. The summed E-state index contributed by atoms with van der Waals surface area (Å²) in [5, 5.41) is 8.51. The average molecular weight is 408 g/mol. The van der Waals surface area contributed by atoms with Gasteiger partial charge in [0.25, 0.3) is 10.1 Å². The fourth-order valence-corrected chi connectivity index (χ4v) is 3.44. The Hall–Kier alpha value is -1.23. The average Bonchev–Trinajstić information content (AvgIpc) is 3.15. The van der Waals surface area contributed by atoms with Gasteiger partial charge in [-0.2, -0.15) is 8.42 Å². The molecule has 25 heavy (non-hydrogen) atoms. The molecule has 1 aromatic carbocycles. The number of hydrogen-bond donors (Lipinski definition) is 0. The first-order valence-electron chi connectivity index (χ1n) is 7.23. The van der Waals surface area contributed by atoms with Crippen molar-refractivity contribution in [2.45, 2.75) is 18.4 Å². The van der Waals surface area contributed by atoms with Crippen LogP contribution in [0.3, 0.4) is 0 Å². The molecule has 0 amide bonds. The van der Waals surface area contributed by atoms with E-state index in [-0.39, 0.29) is 19.8 Å². The molecule has 2 heterocycles. The summed E-state index contributed by atoms with van der Waals surface area (Å²) in [4.78, 5) is 0. The van der Waals surface area contributed by atoms with Crippen LogP contribution in [0, 0.1) is 0 Å². The molecule has 3 rings (SSSR count). The molecular weight excluding hydrogens is 393 g/mol. The first kappa shape index (κ1) is 18.6. The lowest BCUT2D eigenvalue weighted by atomic mass is 10.1. The zero-order valence-corrected chi connectivity index (χ0v) is 15.5. The lowest BCUT2D eigenvalue weighted by Crippen LogP contribution is -2.35. The van der Waals surface area contributed by atoms with E-state index in [1.165, 1.54) is 10.9 Å². The van der Waals surface area contributed by atoms with E-state index < -0.39 is 22.0 Å². The summed E-state index contributed by atoms with van der Waals surface area (Å²) in [5.41, 5.74) is 0.552. The molecule has 11 heteroatoms. The summed E-state index contributed by atoms with van der Waals surface area (Å²) < 4.78 is 40.6. The van der Waals surface area contributed by atoms with Gasteiger partial charge < -0.3 is 9.47 Å². The van der Waals surface area contributed by atoms with Crippen LogP contribution in [-0.4, -0.2) is 49.0 Å². The molecule has 2 atom stereocenters. The molecule has 1 saturated heterocycles. The van der Waals surface area contributed by atoms with Crippen LogP contribution < -0.4 is 0 Å². The maximum Gasteiger partial charge on any atom is 0.264 e. The maximum absolute atomic E-state index is 11.2. The van der Waals surface area contributed by atoms with E-state index in [0.29, 0.717) is 15.6 Å². The third-order valence-electron chi connectivity index (χ3n) is 3.51. The number of aromatic nitrogens is 3. The highest BCUT2D eigenvalue weighted by atomic mass is 35.5. The third-order valence-corrected chi connectivity index (χ3v) is 4.62. The summed E-state index contributed by atoms with van der Waals surface area (Å²) in [6, 6.07) is 4.94. The van der Waals surface area contributed by atoms with Crippen molar-refractivity contribution in [3.8, 4) is 0 Å².